The zero-order valence-electron chi connectivity index (χ0n) is 15.1. The summed E-state index contributed by atoms with van der Waals surface area (Å²) < 4.78 is 6.14. The Labute approximate surface area is 162 Å². The molecule has 6 nitrogen and oxygen atoms in total. The van der Waals surface area contributed by atoms with E-state index in [0.29, 0.717) is 12.5 Å². The lowest BCUT2D eigenvalue weighted by molar-refractivity contribution is -0.139. The summed E-state index contributed by atoms with van der Waals surface area (Å²) in [6, 6.07) is 6.36. The quantitative estimate of drug-likeness (QED) is 0.756. The van der Waals surface area contributed by atoms with Crippen molar-refractivity contribution in [1.82, 2.24) is 9.80 Å². The molecular formula is C19H26BrN3O3. The molecule has 0 unspecified atom stereocenters. The van der Waals surface area contributed by atoms with Gasteiger partial charge in [0.15, 0.2) is 0 Å². The van der Waals surface area contributed by atoms with Crippen LogP contribution in [0.2, 0.25) is 0 Å². The number of primary amides is 1. The lowest BCUT2D eigenvalue weighted by atomic mass is 9.93. The molecule has 0 bridgehead atoms. The molecule has 0 aromatic heterocycles. The highest BCUT2D eigenvalue weighted by Gasteiger charge is 2.36. The molecule has 7 heteroatoms. The third-order valence-corrected chi connectivity index (χ3v) is 6.13. The van der Waals surface area contributed by atoms with E-state index in [1.165, 1.54) is 0 Å². The predicted octanol–water partition coefficient (Wildman–Crippen LogP) is 1.80. The molecule has 0 spiro atoms. The number of ether oxygens (including phenoxy) is 1. The molecule has 3 rings (SSSR count). The second kappa shape index (κ2) is 8.39. The van der Waals surface area contributed by atoms with Crippen molar-refractivity contribution in [2.24, 2.45) is 11.7 Å². The Hall–Kier alpha value is -1.60. The van der Waals surface area contributed by atoms with Crippen LogP contribution in [0.3, 0.4) is 0 Å². The van der Waals surface area contributed by atoms with E-state index in [2.05, 4.69) is 20.8 Å². The van der Waals surface area contributed by atoms with E-state index in [1.807, 2.05) is 23.1 Å². The van der Waals surface area contributed by atoms with Gasteiger partial charge in [-0.2, -0.15) is 0 Å². The minimum atomic E-state index is -0.180. The van der Waals surface area contributed by atoms with Crippen molar-refractivity contribution in [1.29, 1.82) is 0 Å². The van der Waals surface area contributed by atoms with Gasteiger partial charge in [-0.25, -0.2) is 0 Å². The zero-order valence-corrected chi connectivity index (χ0v) is 16.7. The van der Waals surface area contributed by atoms with E-state index in [1.54, 1.807) is 7.11 Å². The number of hydrogen-bond acceptors (Lipinski definition) is 4. The van der Waals surface area contributed by atoms with Gasteiger partial charge in [-0.05, 0) is 66.0 Å². The predicted molar refractivity (Wildman–Crippen MR) is 103 cm³/mol. The van der Waals surface area contributed by atoms with Crippen molar-refractivity contribution in [3.05, 3.63) is 28.2 Å². The number of nitrogens with two attached hydrogens (primary N) is 1. The van der Waals surface area contributed by atoms with Crippen molar-refractivity contribution in [3.63, 3.8) is 0 Å². The smallest absolute Gasteiger partial charge is 0.223 e. The number of methoxy groups -OCH3 is 1. The number of halogens is 1. The van der Waals surface area contributed by atoms with Gasteiger partial charge >= 0.3 is 0 Å². The van der Waals surface area contributed by atoms with Gasteiger partial charge in [0.1, 0.15) is 5.75 Å². The molecular weight excluding hydrogens is 398 g/mol. The summed E-state index contributed by atoms with van der Waals surface area (Å²) in [5.74, 6) is 0.846. The van der Waals surface area contributed by atoms with E-state index < -0.39 is 0 Å². The molecule has 1 aromatic carbocycles. The first-order valence-corrected chi connectivity index (χ1v) is 9.90. The van der Waals surface area contributed by atoms with Gasteiger partial charge in [0.05, 0.1) is 11.6 Å². The van der Waals surface area contributed by atoms with Crippen molar-refractivity contribution in [2.75, 3.05) is 33.3 Å². The molecule has 0 saturated carbocycles. The lowest BCUT2D eigenvalue weighted by Crippen LogP contribution is -2.62. The van der Waals surface area contributed by atoms with Crippen LogP contribution in [0.25, 0.3) is 0 Å². The Bertz CT molecular complexity index is 668. The maximum atomic E-state index is 12.4. The molecule has 26 heavy (non-hydrogen) atoms. The Morgan fingerprint density at radius 3 is 2.54 bits per heavy atom. The van der Waals surface area contributed by atoms with Crippen LogP contribution in [0, 0.1) is 5.92 Å². The van der Waals surface area contributed by atoms with Crippen LogP contribution in [0.15, 0.2) is 22.7 Å². The van der Waals surface area contributed by atoms with Crippen LogP contribution in [0.5, 0.6) is 5.75 Å². The highest BCUT2D eigenvalue weighted by Crippen LogP contribution is 2.27. The fourth-order valence-corrected chi connectivity index (χ4v) is 4.30. The minimum absolute atomic E-state index is 0.0212. The Kier molecular flexibility index (Phi) is 6.19. The minimum Gasteiger partial charge on any atom is -0.496 e. The first kappa shape index (κ1) is 19.2. The summed E-state index contributed by atoms with van der Waals surface area (Å²) in [5, 5.41) is 0. The molecule has 2 N–H and O–H groups in total. The molecule has 0 radical (unpaired) electrons. The molecule has 2 aliphatic rings. The maximum absolute atomic E-state index is 12.4. The van der Waals surface area contributed by atoms with Gasteiger partial charge in [0.25, 0.3) is 0 Å². The van der Waals surface area contributed by atoms with Crippen molar-refractivity contribution >= 4 is 27.7 Å². The number of piperidine rings is 1. The van der Waals surface area contributed by atoms with E-state index in [-0.39, 0.29) is 17.7 Å². The summed E-state index contributed by atoms with van der Waals surface area (Å²) in [7, 11) is 1.64. The standard InChI is InChI=1S/C19H26BrN3O3/c1-26-17-4-2-13(10-16(17)20)3-5-18(24)23-11-15(12-23)22-8-6-14(7-9-22)19(21)25/h2,4,10,14-15H,3,5-9,11-12H2,1H3,(H2,21,25). The van der Waals surface area contributed by atoms with Gasteiger partial charge in [-0.15, -0.1) is 0 Å². The molecule has 1 aromatic rings. The number of benzene rings is 1. The van der Waals surface area contributed by atoms with E-state index in [0.717, 1.165) is 61.2 Å². The third-order valence-electron chi connectivity index (χ3n) is 5.51. The number of rotatable bonds is 6. The molecule has 0 atom stereocenters. The van der Waals surface area contributed by atoms with Crippen molar-refractivity contribution in [3.8, 4) is 5.75 Å². The summed E-state index contributed by atoms with van der Waals surface area (Å²) >= 11 is 3.48. The summed E-state index contributed by atoms with van der Waals surface area (Å²) in [5.41, 5.74) is 6.51. The first-order chi connectivity index (χ1) is 12.5. The molecule has 2 heterocycles. The number of carbonyl (C=O) groups is 2. The van der Waals surface area contributed by atoms with Gasteiger partial charge in [-0.3, -0.25) is 14.5 Å². The monoisotopic (exact) mass is 423 g/mol. The molecule has 2 saturated heterocycles. The van der Waals surface area contributed by atoms with E-state index >= 15 is 0 Å². The van der Waals surface area contributed by atoms with Crippen LogP contribution in [0.1, 0.15) is 24.8 Å². The van der Waals surface area contributed by atoms with Crippen LogP contribution in [0.4, 0.5) is 0 Å². The van der Waals surface area contributed by atoms with Crippen LogP contribution >= 0.6 is 15.9 Å². The van der Waals surface area contributed by atoms with Gasteiger partial charge in [-0.1, -0.05) is 6.07 Å². The van der Waals surface area contributed by atoms with Crippen molar-refractivity contribution < 1.29 is 14.3 Å². The Morgan fingerprint density at radius 1 is 1.27 bits per heavy atom. The molecule has 2 amide bonds. The number of nitrogens with zero attached hydrogens (tertiary/aromatic N) is 2. The second-order valence-electron chi connectivity index (χ2n) is 7.13. The summed E-state index contributed by atoms with van der Waals surface area (Å²) in [6.45, 7) is 3.40. The highest BCUT2D eigenvalue weighted by molar-refractivity contribution is 9.10. The SMILES string of the molecule is COc1ccc(CCC(=O)N2CC(N3CCC(C(N)=O)CC3)C2)cc1Br. The molecule has 0 aliphatic carbocycles. The number of likely N-dealkylation sites (tertiary alicyclic amines) is 2. The lowest BCUT2D eigenvalue weighted by Gasteiger charge is -2.47. The molecule has 142 valence electrons. The van der Waals surface area contributed by atoms with Gasteiger partial charge < -0.3 is 15.4 Å². The van der Waals surface area contributed by atoms with E-state index in [4.69, 9.17) is 10.5 Å². The summed E-state index contributed by atoms with van der Waals surface area (Å²) in [4.78, 5) is 28.0. The number of aryl methyl sites for hydroxylation is 1. The topological polar surface area (TPSA) is 75.9 Å². The normalized spacial score (nSPS) is 19.2. The van der Waals surface area contributed by atoms with Crippen LogP contribution in [-0.2, 0) is 16.0 Å². The molecule has 2 aliphatic heterocycles. The molecule has 2 fully saturated rings. The largest absolute Gasteiger partial charge is 0.496 e. The van der Waals surface area contributed by atoms with Gasteiger partial charge in [0.2, 0.25) is 11.8 Å². The average Bonchev–Trinajstić information content (AvgIpc) is 2.59. The summed E-state index contributed by atoms with van der Waals surface area (Å²) in [6.07, 6.45) is 2.93. The highest BCUT2D eigenvalue weighted by atomic mass is 79.9. The number of amides is 2. The zero-order chi connectivity index (χ0) is 18.7. The van der Waals surface area contributed by atoms with Gasteiger partial charge in [0, 0.05) is 31.5 Å². The Balaban J connectivity index is 1.40. The second-order valence-corrected chi connectivity index (χ2v) is 7.99. The number of carbonyl (C=O) groups excluding carboxylic acids is 2. The van der Waals surface area contributed by atoms with Crippen LogP contribution < -0.4 is 10.5 Å². The first-order valence-electron chi connectivity index (χ1n) is 9.11. The van der Waals surface area contributed by atoms with E-state index in [9.17, 15) is 9.59 Å². The Morgan fingerprint density at radius 2 is 1.96 bits per heavy atom. The maximum Gasteiger partial charge on any atom is 0.223 e. The van der Waals surface area contributed by atoms with Crippen molar-refractivity contribution in [2.45, 2.75) is 31.7 Å². The third kappa shape index (κ3) is 4.38. The fraction of sp³-hybridized carbons (Fsp3) is 0.579. The average molecular weight is 424 g/mol. The fourth-order valence-electron chi connectivity index (χ4n) is 3.71. The van der Waals surface area contributed by atoms with Crippen LogP contribution in [-0.4, -0.2) is 60.9 Å². The number of hydrogen-bond donors (Lipinski definition) is 1.